The number of anilines is 2. The second-order valence-corrected chi connectivity index (χ2v) is 6.38. The minimum Gasteiger partial charge on any atom is -0.454 e. The minimum absolute atomic E-state index is 0.180. The molecule has 2 amide bonds. The predicted molar refractivity (Wildman–Crippen MR) is 92.9 cm³/mol. The van der Waals surface area contributed by atoms with Crippen LogP contribution >= 0.6 is 11.6 Å². The fourth-order valence-corrected chi connectivity index (χ4v) is 2.95. The zero-order chi connectivity index (χ0) is 17.4. The Labute approximate surface area is 149 Å². The molecule has 25 heavy (non-hydrogen) atoms. The first kappa shape index (κ1) is 15.8. The van der Waals surface area contributed by atoms with Gasteiger partial charge in [-0.05, 0) is 30.7 Å². The van der Waals surface area contributed by atoms with E-state index in [1.165, 1.54) is 0 Å². The minimum atomic E-state index is -0.342. The molecule has 0 bridgehead atoms. The third-order valence-electron chi connectivity index (χ3n) is 4.24. The molecule has 0 saturated heterocycles. The van der Waals surface area contributed by atoms with E-state index in [1.54, 1.807) is 42.5 Å². The molecule has 0 spiro atoms. The van der Waals surface area contributed by atoms with Gasteiger partial charge >= 0.3 is 0 Å². The lowest BCUT2D eigenvalue weighted by Crippen LogP contribution is -2.20. The SMILES string of the molecule is O=C(Nc1ccc2c(c1)OCO2)C1CC1C(=O)Nc1ccccc1Cl. The Balaban J connectivity index is 1.35. The van der Waals surface area contributed by atoms with Crippen LogP contribution in [0.2, 0.25) is 5.02 Å². The lowest BCUT2D eigenvalue weighted by molar-refractivity contribution is -0.122. The number of halogens is 1. The number of fused-ring (bicyclic) bond motifs is 1. The highest BCUT2D eigenvalue weighted by molar-refractivity contribution is 6.33. The summed E-state index contributed by atoms with van der Waals surface area (Å²) in [4.78, 5) is 24.6. The summed E-state index contributed by atoms with van der Waals surface area (Å²) in [5.41, 5.74) is 1.17. The number of ether oxygens (including phenoxy) is 2. The van der Waals surface area contributed by atoms with Gasteiger partial charge in [0.1, 0.15) is 0 Å². The predicted octanol–water partition coefficient (Wildman–Crippen LogP) is 3.28. The molecule has 1 aliphatic carbocycles. The van der Waals surface area contributed by atoms with E-state index in [4.69, 9.17) is 21.1 Å². The standard InChI is InChI=1S/C18H15ClN2O4/c19-13-3-1-2-4-14(13)21-18(23)12-8-11(12)17(22)20-10-5-6-15-16(7-10)25-9-24-15/h1-7,11-12H,8-9H2,(H,20,22)(H,21,23). The molecule has 2 aliphatic rings. The third kappa shape index (κ3) is 3.25. The van der Waals surface area contributed by atoms with Gasteiger partial charge in [-0.25, -0.2) is 0 Å². The van der Waals surface area contributed by atoms with Gasteiger partial charge in [-0.15, -0.1) is 0 Å². The first-order valence-corrected chi connectivity index (χ1v) is 8.25. The van der Waals surface area contributed by atoms with E-state index in [0.717, 1.165) is 0 Å². The highest BCUT2D eigenvalue weighted by atomic mass is 35.5. The number of carbonyl (C=O) groups is 2. The van der Waals surface area contributed by atoms with Gasteiger partial charge in [0.15, 0.2) is 11.5 Å². The first-order chi connectivity index (χ1) is 12.1. The van der Waals surface area contributed by atoms with Crippen LogP contribution in [0.15, 0.2) is 42.5 Å². The molecule has 2 atom stereocenters. The van der Waals surface area contributed by atoms with Gasteiger partial charge in [0, 0.05) is 11.8 Å². The van der Waals surface area contributed by atoms with Crippen molar-refractivity contribution < 1.29 is 19.1 Å². The van der Waals surface area contributed by atoms with Crippen molar-refractivity contribution in [2.75, 3.05) is 17.4 Å². The lowest BCUT2D eigenvalue weighted by atomic mass is 10.2. The van der Waals surface area contributed by atoms with Crippen molar-refractivity contribution in [3.63, 3.8) is 0 Å². The van der Waals surface area contributed by atoms with Crippen molar-refractivity contribution in [3.8, 4) is 11.5 Å². The van der Waals surface area contributed by atoms with Crippen LogP contribution in [0.1, 0.15) is 6.42 Å². The summed E-state index contributed by atoms with van der Waals surface area (Å²) in [5, 5.41) is 6.05. The highest BCUT2D eigenvalue weighted by Crippen LogP contribution is 2.41. The molecule has 6 nitrogen and oxygen atoms in total. The summed E-state index contributed by atoms with van der Waals surface area (Å²) in [6.07, 6.45) is 0.521. The van der Waals surface area contributed by atoms with Crippen molar-refractivity contribution in [2.45, 2.75) is 6.42 Å². The van der Waals surface area contributed by atoms with Crippen LogP contribution in [-0.2, 0) is 9.59 Å². The van der Waals surface area contributed by atoms with E-state index in [1.807, 2.05) is 0 Å². The summed E-state index contributed by atoms with van der Waals surface area (Å²) in [5.74, 6) is 0.193. The normalized spacial score (nSPS) is 20.0. The van der Waals surface area contributed by atoms with Gasteiger partial charge in [0.05, 0.1) is 22.5 Å². The fraction of sp³-hybridized carbons (Fsp3) is 0.222. The molecular formula is C18H15ClN2O4. The van der Waals surface area contributed by atoms with Crippen LogP contribution in [0.3, 0.4) is 0 Å². The largest absolute Gasteiger partial charge is 0.454 e. The summed E-state index contributed by atoms with van der Waals surface area (Å²) in [7, 11) is 0. The van der Waals surface area contributed by atoms with E-state index in [2.05, 4.69) is 10.6 Å². The van der Waals surface area contributed by atoms with E-state index in [0.29, 0.717) is 34.3 Å². The zero-order valence-electron chi connectivity index (χ0n) is 13.1. The van der Waals surface area contributed by atoms with Crippen LogP contribution in [0.5, 0.6) is 11.5 Å². The van der Waals surface area contributed by atoms with E-state index in [-0.39, 0.29) is 30.4 Å². The number of para-hydroxylation sites is 1. The molecule has 2 N–H and O–H groups in total. The highest BCUT2D eigenvalue weighted by Gasteiger charge is 2.48. The Morgan fingerprint density at radius 3 is 2.48 bits per heavy atom. The smallest absolute Gasteiger partial charge is 0.231 e. The number of amides is 2. The van der Waals surface area contributed by atoms with Gasteiger partial charge in [-0.2, -0.15) is 0 Å². The molecule has 1 heterocycles. The van der Waals surface area contributed by atoms with Crippen LogP contribution in [0, 0.1) is 11.8 Å². The van der Waals surface area contributed by atoms with E-state index in [9.17, 15) is 9.59 Å². The lowest BCUT2D eigenvalue weighted by Gasteiger charge is -2.08. The maximum Gasteiger partial charge on any atom is 0.231 e. The maximum absolute atomic E-state index is 12.3. The van der Waals surface area contributed by atoms with E-state index < -0.39 is 0 Å². The topological polar surface area (TPSA) is 76.7 Å². The van der Waals surface area contributed by atoms with Crippen molar-refractivity contribution in [3.05, 3.63) is 47.5 Å². The second kappa shape index (κ2) is 6.29. The number of carbonyl (C=O) groups excluding carboxylic acids is 2. The fourth-order valence-electron chi connectivity index (χ4n) is 2.77. The van der Waals surface area contributed by atoms with Crippen LogP contribution < -0.4 is 20.1 Å². The molecular weight excluding hydrogens is 344 g/mol. The third-order valence-corrected chi connectivity index (χ3v) is 4.57. The van der Waals surface area contributed by atoms with Gasteiger partial charge in [0.2, 0.25) is 18.6 Å². The molecule has 2 unspecified atom stereocenters. The number of hydrogen-bond donors (Lipinski definition) is 2. The molecule has 7 heteroatoms. The maximum atomic E-state index is 12.3. The number of hydrogen-bond acceptors (Lipinski definition) is 4. The van der Waals surface area contributed by atoms with Crippen molar-refractivity contribution in [1.29, 1.82) is 0 Å². The van der Waals surface area contributed by atoms with Crippen LogP contribution in [0.25, 0.3) is 0 Å². The van der Waals surface area contributed by atoms with E-state index >= 15 is 0 Å². The summed E-state index contributed by atoms with van der Waals surface area (Å²) in [6.45, 7) is 0.180. The molecule has 1 fully saturated rings. The monoisotopic (exact) mass is 358 g/mol. The molecule has 1 saturated carbocycles. The van der Waals surface area contributed by atoms with Crippen molar-refractivity contribution in [1.82, 2.24) is 0 Å². The van der Waals surface area contributed by atoms with Gasteiger partial charge in [-0.1, -0.05) is 23.7 Å². The number of nitrogens with one attached hydrogen (secondary N) is 2. The Morgan fingerprint density at radius 2 is 1.68 bits per heavy atom. The molecule has 2 aromatic rings. The second-order valence-electron chi connectivity index (χ2n) is 5.98. The molecule has 1 aliphatic heterocycles. The Morgan fingerprint density at radius 1 is 0.960 bits per heavy atom. The Hall–Kier alpha value is -2.73. The Bertz CT molecular complexity index is 855. The summed E-state index contributed by atoms with van der Waals surface area (Å²) >= 11 is 6.03. The number of rotatable bonds is 4. The molecule has 4 rings (SSSR count). The van der Waals surface area contributed by atoms with Crippen LogP contribution in [0.4, 0.5) is 11.4 Å². The van der Waals surface area contributed by atoms with Crippen molar-refractivity contribution in [2.24, 2.45) is 11.8 Å². The molecule has 2 aromatic carbocycles. The average Bonchev–Trinajstić information content (AvgIpc) is 3.28. The number of benzene rings is 2. The molecule has 0 aromatic heterocycles. The average molecular weight is 359 g/mol. The summed E-state index contributed by atoms with van der Waals surface area (Å²) in [6, 6.07) is 12.2. The molecule has 0 radical (unpaired) electrons. The quantitative estimate of drug-likeness (QED) is 0.879. The Kier molecular flexibility index (Phi) is 3.97. The molecule has 128 valence electrons. The van der Waals surface area contributed by atoms with Crippen LogP contribution in [-0.4, -0.2) is 18.6 Å². The first-order valence-electron chi connectivity index (χ1n) is 7.88. The van der Waals surface area contributed by atoms with Gasteiger partial charge < -0.3 is 20.1 Å². The van der Waals surface area contributed by atoms with Gasteiger partial charge in [0.25, 0.3) is 0 Å². The van der Waals surface area contributed by atoms with Crippen molar-refractivity contribution >= 4 is 34.8 Å². The zero-order valence-corrected chi connectivity index (χ0v) is 13.9. The summed E-state index contributed by atoms with van der Waals surface area (Å²) < 4.78 is 10.5. The van der Waals surface area contributed by atoms with Gasteiger partial charge in [-0.3, -0.25) is 9.59 Å².